The molecule has 0 aliphatic heterocycles. The molecule has 2 rings (SSSR count). The van der Waals surface area contributed by atoms with Crippen LogP contribution in [0.2, 0.25) is 0 Å². The summed E-state index contributed by atoms with van der Waals surface area (Å²) in [5.41, 5.74) is 1.96. The molecule has 0 bridgehead atoms. The Morgan fingerprint density at radius 2 is 1.78 bits per heavy atom. The number of benzene rings is 2. The van der Waals surface area contributed by atoms with Crippen molar-refractivity contribution in [1.82, 2.24) is 0 Å². The summed E-state index contributed by atoms with van der Waals surface area (Å²) >= 11 is 0. The molecule has 0 saturated carbocycles. The van der Waals surface area contributed by atoms with Gasteiger partial charge in [-0.05, 0) is 43.3 Å². The van der Waals surface area contributed by atoms with Crippen LogP contribution in [0.25, 0.3) is 0 Å². The van der Waals surface area contributed by atoms with Crippen molar-refractivity contribution in [2.75, 3.05) is 32.1 Å². The molecular formula is C18H22FN2O2+. The zero-order chi connectivity index (χ0) is 16.7. The highest BCUT2D eigenvalue weighted by Crippen LogP contribution is 2.10. The molecule has 0 aliphatic carbocycles. The van der Waals surface area contributed by atoms with Gasteiger partial charge in [0, 0.05) is 5.69 Å². The average Bonchev–Trinajstić information content (AvgIpc) is 2.51. The number of hydrogen-bond donors (Lipinski definition) is 2. The number of halogens is 1. The summed E-state index contributed by atoms with van der Waals surface area (Å²) in [6, 6.07) is 13.6. The second-order valence-electron chi connectivity index (χ2n) is 5.60. The van der Waals surface area contributed by atoms with Gasteiger partial charge in [-0.1, -0.05) is 17.7 Å². The SMILES string of the molecule is Cc1ccc(NC(=O)C[NH+](C)CCOc2ccc(F)cc2)cc1. The maximum atomic E-state index is 12.8. The van der Waals surface area contributed by atoms with Crippen molar-refractivity contribution < 1.29 is 18.8 Å². The van der Waals surface area contributed by atoms with E-state index in [1.165, 1.54) is 12.1 Å². The number of hydrogen-bond acceptors (Lipinski definition) is 2. The van der Waals surface area contributed by atoms with Gasteiger partial charge in [-0.2, -0.15) is 0 Å². The van der Waals surface area contributed by atoms with Crippen LogP contribution >= 0.6 is 0 Å². The maximum Gasteiger partial charge on any atom is 0.279 e. The predicted molar refractivity (Wildman–Crippen MR) is 88.3 cm³/mol. The Kier molecular flexibility index (Phi) is 6.11. The number of aryl methyl sites for hydroxylation is 1. The molecule has 23 heavy (non-hydrogen) atoms. The first-order chi connectivity index (χ1) is 11.0. The quantitative estimate of drug-likeness (QED) is 0.816. The molecule has 5 heteroatoms. The minimum absolute atomic E-state index is 0.0341. The van der Waals surface area contributed by atoms with Gasteiger partial charge in [-0.15, -0.1) is 0 Å². The van der Waals surface area contributed by atoms with Crippen molar-refractivity contribution in [3.63, 3.8) is 0 Å². The minimum Gasteiger partial charge on any atom is -0.488 e. The van der Waals surface area contributed by atoms with Crippen molar-refractivity contribution in [1.29, 1.82) is 0 Å². The normalized spacial score (nSPS) is 11.8. The van der Waals surface area contributed by atoms with Gasteiger partial charge in [-0.25, -0.2) is 4.39 Å². The summed E-state index contributed by atoms with van der Waals surface area (Å²) in [6.07, 6.45) is 0. The second kappa shape index (κ2) is 8.29. The molecule has 4 nitrogen and oxygen atoms in total. The Morgan fingerprint density at radius 3 is 2.43 bits per heavy atom. The number of nitrogens with one attached hydrogen (secondary N) is 2. The third-order valence-electron chi connectivity index (χ3n) is 3.41. The smallest absolute Gasteiger partial charge is 0.279 e. The predicted octanol–water partition coefficient (Wildman–Crippen LogP) is 1.67. The number of carbonyl (C=O) groups excluding carboxylic acids is 1. The van der Waals surface area contributed by atoms with Crippen LogP contribution in [0, 0.1) is 12.7 Å². The number of likely N-dealkylation sites (N-methyl/N-ethyl adjacent to an activating group) is 1. The fourth-order valence-electron chi connectivity index (χ4n) is 2.08. The monoisotopic (exact) mass is 317 g/mol. The van der Waals surface area contributed by atoms with E-state index in [9.17, 15) is 9.18 Å². The van der Waals surface area contributed by atoms with E-state index in [1.54, 1.807) is 12.1 Å². The van der Waals surface area contributed by atoms with E-state index in [0.29, 0.717) is 25.4 Å². The van der Waals surface area contributed by atoms with Gasteiger partial charge < -0.3 is 15.0 Å². The van der Waals surface area contributed by atoms with Crippen LogP contribution in [-0.4, -0.2) is 32.7 Å². The molecule has 0 spiro atoms. The Balaban J connectivity index is 1.69. The molecular weight excluding hydrogens is 295 g/mol. The summed E-state index contributed by atoms with van der Waals surface area (Å²) < 4.78 is 18.3. The fourth-order valence-corrected chi connectivity index (χ4v) is 2.08. The molecule has 1 unspecified atom stereocenters. The Bertz CT molecular complexity index is 626. The van der Waals surface area contributed by atoms with Crippen molar-refractivity contribution in [2.24, 2.45) is 0 Å². The molecule has 122 valence electrons. The second-order valence-corrected chi connectivity index (χ2v) is 5.60. The first-order valence-electron chi connectivity index (χ1n) is 7.59. The summed E-state index contributed by atoms with van der Waals surface area (Å²) in [4.78, 5) is 13.0. The van der Waals surface area contributed by atoms with E-state index in [2.05, 4.69) is 5.32 Å². The van der Waals surface area contributed by atoms with E-state index < -0.39 is 0 Å². The molecule has 0 aliphatic rings. The van der Waals surface area contributed by atoms with Gasteiger partial charge >= 0.3 is 0 Å². The lowest BCUT2D eigenvalue weighted by atomic mass is 10.2. The van der Waals surface area contributed by atoms with Gasteiger partial charge in [0.2, 0.25) is 0 Å². The van der Waals surface area contributed by atoms with Crippen molar-refractivity contribution >= 4 is 11.6 Å². The molecule has 2 aromatic rings. The molecule has 2 aromatic carbocycles. The zero-order valence-electron chi connectivity index (χ0n) is 13.4. The van der Waals surface area contributed by atoms with Crippen LogP contribution in [0.4, 0.5) is 10.1 Å². The lowest BCUT2D eigenvalue weighted by Crippen LogP contribution is -3.10. The molecule has 1 atom stereocenters. The Labute approximate surface area is 135 Å². The molecule has 0 aromatic heterocycles. The maximum absolute atomic E-state index is 12.8. The Morgan fingerprint density at radius 1 is 1.13 bits per heavy atom. The van der Waals surface area contributed by atoms with E-state index in [-0.39, 0.29) is 11.7 Å². The summed E-state index contributed by atoms with van der Waals surface area (Å²) in [5, 5.41) is 2.87. The van der Waals surface area contributed by atoms with E-state index in [4.69, 9.17) is 4.74 Å². The highest BCUT2D eigenvalue weighted by Gasteiger charge is 2.10. The summed E-state index contributed by atoms with van der Waals surface area (Å²) in [6.45, 7) is 3.51. The molecule has 2 N–H and O–H groups in total. The molecule has 0 fully saturated rings. The van der Waals surface area contributed by atoms with Crippen LogP contribution in [0.1, 0.15) is 5.56 Å². The number of anilines is 1. The van der Waals surface area contributed by atoms with Gasteiger partial charge in [0.15, 0.2) is 6.54 Å². The molecule has 1 amide bonds. The third-order valence-corrected chi connectivity index (χ3v) is 3.41. The van der Waals surface area contributed by atoms with Crippen molar-refractivity contribution in [3.05, 3.63) is 59.9 Å². The number of rotatable bonds is 7. The summed E-state index contributed by atoms with van der Waals surface area (Å²) in [5.74, 6) is 0.310. The van der Waals surface area contributed by atoms with E-state index in [0.717, 1.165) is 16.2 Å². The van der Waals surface area contributed by atoms with E-state index >= 15 is 0 Å². The molecule has 0 heterocycles. The van der Waals surface area contributed by atoms with Crippen molar-refractivity contribution in [3.8, 4) is 5.75 Å². The zero-order valence-corrected chi connectivity index (χ0v) is 13.4. The average molecular weight is 317 g/mol. The fraction of sp³-hybridized carbons (Fsp3) is 0.278. The Hall–Kier alpha value is -2.40. The largest absolute Gasteiger partial charge is 0.488 e. The standard InChI is InChI=1S/C18H21FN2O2/c1-14-3-7-16(8-4-14)20-18(22)13-21(2)11-12-23-17-9-5-15(19)6-10-17/h3-10H,11-13H2,1-2H3,(H,20,22)/p+1. The van der Waals surface area contributed by atoms with Gasteiger partial charge in [-0.3, -0.25) is 4.79 Å². The number of carbonyl (C=O) groups is 1. The first-order valence-corrected chi connectivity index (χ1v) is 7.59. The van der Waals surface area contributed by atoms with Crippen LogP contribution in [0.15, 0.2) is 48.5 Å². The van der Waals surface area contributed by atoms with Crippen LogP contribution < -0.4 is 15.0 Å². The lowest BCUT2D eigenvalue weighted by molar-refractivity contribution is -0.871. The third kappa shape index (κ3) is 6.08. The van der Waals surface area contributed by atoms with E-state index in [1.807, 2.05) is 38.2 Å². The summed E-state index contributed by atoms with van der Waals surface area (Å²) in [7, 11) is 1.93. The van der Waals surface area contributed by atoms with Crippen LogP contribution in [-0.2, 0) is 4.79 Å². The molecule has 0 radical (unpaired) electrons. The number of quaternary nitrogens is 1. The topological polar surface area (TPSA) is 42.8 Å². The van der Waals surface area contributed by atoms with Crippen molar-refractivity contribution in [2.45, 2.75) is 6.92 Å². The number of ether oxygens (including phenoxy) is 1. The number of amides is 1. The van der Waals surface area contributed by atoms with Gasteiger partial charge in [0.25, 0.3) is 5.91 Å². The first kappa shape index (κ1) is 17.0. The highest BCUT2D eigenvalue weighted by atomic mass is 19.1. The van der Waals surface area contributed by atoms with Crippen LogP contribution in [0.5, 0.6) is 5.75 Å². The highest BCUT2D eigenvalue weighted by molar-refractivity contribution is 5.91. The van der Waals surface area contributed by atoms with Crippen LogP contribution in [0.3, 0.4) is 0 Å². The molecule has 0 saturated heterocycles. The lowest BCUT2D eigenvalue weighted by Gasteiger charge is -2.14. The van der Waals surface area contributed by atoms with Gasteiger partial charge in [0.1, 0.15) is 24.7 Å². The van der Waals surface area contributed by atoms with Gasteiger partial charge in [0.05, 0.1) is 7.05 Å². The minimum atomic E-state index is -0.284.